The van der Waals surface area contributed by atoms with E-state index >= 15 is 0 Å². The van der Waals surface area contributed by atoms with Gasteiger partial charge in [0.1, 0.15) is 0 Å². The predicted octanol–water partition coefficient (Wildman–Crippen LogP) is 4.05. The van der Waals surface area contributed by atoms with E-state index in [1.165, 1.54) is 6.07 Å². The first-order valence-corrected chi connectivity index (χ1v) is 7.53. The quantitative estimate of drug-likeness (QED) is 0.607. The van der Waals surface area contributed by atoms with E-state index in [0.717, 1.165) is 4.47 Å². The van der Waals surface area contributed by atoms with Crippen LogP contribution in [0.15, 0.2) is 51.4 Å². The van der Waals surface area contributed by atoms with Gasteiger partial charge in [0, 0.05) is 27.1 Å². The maximum atomic E-state index is 12.1. The van der Waals surface area contributed by atoms with Gasteiger partial charge < -0.3 is 5.32 Å². The smallest absolute Gasteiger partial charge is 0.274 e. The molecule has 0 aliphatic heterocycles. The molecule has 7 heteroatoms. The van der Waals surface area contributed by atoms with Crippen LogP contribution in [0.3, 0.4) is 0 Å². The molecular formula is C14H10Br2N2O3. The van der Waals surface area contributed by atoms with E-state index in [9.17, 15) is 14.9 Å². The predicted molar refractivity (Wildman–Crippen MR) is 86.1 cm³/mol. The third-order valence-electron chi connectivity index (χ3n) is 2.80. The van der Waals surface area contributed by atoms with E-state index < -0.39 is 4.92 Å². The zero-order valence-electron chi connectivity index (χ0n) is 10.7. The zero-order chi connectivity index (χ0) is 15.4. The van der Waals surface area contributed by atoms with Crippen LogP contribution in [-0.4, -0.2) is 10.8 Å². The topological polar surface area (TPSA) is 72.2 Å². The van der Waals surface area contributed by atoms with Crippen molar-refractivity contribution < 1.29 is 9.72 Å². The summed E-state index contributed by atoms with van der Waals surface area (Å²) in [6.45, 7) is 0.0957. The Morgan fingerprint density at radius 2 is 1.90 bits per heavy atom. The molecule has 0 radical (unpaired) electrons. The zero-order valence-corrected chi connectivity index (χ0v) is 13.8. The van der Waals surface area contributed by atoms with Gasteiger partial charge in [-0.25, -0.2) is 0 Å². The van der Waals surface area contributed by atoms with Gasteiger partial charge in [0.05, 0.1) is 10.5 Å². The summed E-state index contributed by atoms with van der Waals surface area (Å²) in [4.78, 5) is 22.6. The van der Waals surface area contributed by atoms with E-state index in [1.807, 2.05) is 0 Å². The number of nitrogens with zero attached hydrogens (tertiary/aromatic N) is 1. The van der Waals surface area contributed by atoms with Crippen LogP contribution in [-0.2, 0) is 6.54 Å². The van der Waals surface area contributed by atoms with Gasteiger partial charge >= 0.3 is 0 Å². The number of amides is 1. The molecule has 0 saturated carbocycles. The SMILES string of the molecule is O=C(NCc1ccccc1[N+](=O)[O-])c1ccc(Br)cc1Br. The van der Waals surface area contributed by atoms with Crippen molar-refractivity contribution in [3.63, 3.8) is 0 Å². The number of para-hydroxylation sites is 1. The lowest BCUT2D eigenvalue weighted by molar-refractivity contribution is -0.385. The largest absolute Gasteiger partial charge is 0.348 e. The minimum atomic E-state index is -0.461. The highest BCUT2D eigenvalue weighted by atomic mass is 79.9. The van der Waals surface area contributed by atoms with Crippen LogP contribution in [0.2, 0.25) is 0 Å². The molecule has 2 aromatic rings. The van der Waals surface area contributed by atoms with E-state index in [0.29, 0.717) is 15.6 Å². The Balaban J connectivity index is 2.13. The number of nitro benzene ring substituents is 1. The van der Waals surface area contributed by atoms with Crippen molar-refractivity contribution in [1.82, 2.24) is 5.32 Å². The van der Waals surface area contributed by atoms with Crippen LogP contribution in [0.5, 0.6) is 0 Å². The van der Waals surface area contributed by atoms with E-state index in [4.69, 9.17) is 0 Å². The highest BCUT2D eigenvalue weighted by Gasteiger charge is 2.14. The van der Waals surface area contributed by atoms with Crippen LogP contribution >= 0.6 is 31.9 Å². The van der Waals surface area contributed by atoms with Crippen LogP contribution in [0.25, 0.3) is 0 Å². The van der Waals surface area contributed by atoms with Crippen molar-refractivity contribution in [2.75, 3.05) is 0 Å². The van der Waals surface area contributed by atoms with Gasteiger partial charge in [-0.1, -0.05) is 34.1 Å². The van der Waals surface area contributed by atoms with Crippen LogP contribution < -0.4 is 5.32 Å². The maximum Gasteiger partial charge on any atom is 0.274 e. The molecule has 5 nitrogen and oxygen atoms in total. The number of rotatable bonds is 4. The molecule has 0 atom stereocenters. The summed E-state index contributed by atoms with van der Waals surface area (Å²) < 4.78 is 1.50. The summed E-state index contributed by atoms with van der Waals surface area (Å²) >= 11 is 6.62. The van der Waals surface area contributed by atoms with E-state index in [-0.39, 0.29) is 18.1 Å². The summed E-state index contributed by atoms with van der Waals surface area (Å²) in [5.41, 5.74) is 0.925. The number of hydrogen-bond donors (Lipinski definition) is 1. The Morgan fingerprint density at radius 1 is 1.19 bits per heavy atom. The van der Waals surface area contributed by atoms with Crippen molar-refractivity contribution in [2.45, 2.75) is 6.54 Å². The van der Waals surface area contributed by atoms with Crippen LogP contribution in [0, 0.1) is 10.1 Å². The van der Waals surface area contributed by atoms with Gasteiger partial charge in [-0.15, -0.1) is 0 Å². The molecule has 0 fully saturated rings. The highest BCUT2D eigenvalue weighted by Crippen LogP contribution is 2.22. The summed E-state index contributed by atoms with van der Waals surface area (Å²) in [5.74, 6) is -0.299. The van der Waals surface area contributed by atoms with Gasteiger partial charge in [0.2, 0.25) is 0 Å². The fourth-order valence-corrected chi connectivity index (χ4v) is 3.01. The Morgan fingerprint density at radius 3 is 2.57 bits per heavy atom. The summed E-state index contributed by atoms with van der Waals surface area (Å²) in [6, 6.07) is 11.5. The first kappa shape index (κ1) is 15.7. The van der Waals surface area contributed by atoms with Crippen molar-refractivity contribution in [1.29, 1.82) is 0 Å². The standard InChI is InChI=1S/C14H10Br2N2O3/c15-10-5-6-11(12(16)7-10)14(19)17-8-9-3-1-2-4-13(9)18(20)21/h1-7H,8H2,(H,17,19). The molecule has 0 saturated heterocycles. The monoisotopic (exact) mass is 412 g/mol. The average molecular weight is 414 g/mol. The lowest BCUT2D eigenvalue weighted by Gasteiger charge is -2.07. The molecular weight excluding hydrogens is 404 g/mol. The minimum absolute atomic E-state index is 0.00679. The van der Waals surface area contributed by atoms with Crippen molar-refractivity contribution in [3.8, 4) is 0 Å². The highest BCUT2D eigenvalue weighted by molar-refractivity contribution is 9.11. The second-order valence-electron chi connectivity index (χ2n) is 4.19. The summed E-state index contributed by atoms with van der Waals surface area (Å²) in [6.07, 6.45) is 0. The molecule has 1 N–H and O–H groups in total. The molecule has 108 valence electrons. The first-order valence-electron chi connectivity index (χ1n) is 5.94. The Hall–Kier alpha value is -1.73. The van der Waals surface area contributed by atoms with Crippen molar-refractivity contribution in [2.24, 2.45) is 0 Å². The molecule has 0 heterocycles. The number of hydrogen-bond acceptors (Lipinski definition) is 3. The molecule has 0 aliphatic carbocycles. The number of carbonyl (C=O) groups is 1. The minimum Gasteiger partial charge on any atom is -0.348 e. The van der Waals surface area contributed by atoms with Crippen LogP contribution in [0.1, 0.15) is 15.9 Å². The number of nitrogens with one attached hydrogen (secondary N) is 1. The molecule has 0 bridgehead atoms. The van der Waals surface area contributed by atoms with Gasteiger partial charge in [0.15, 0.2) is 0 Å². The molecule has 1 amide bonds. The van der Waals surface area contributed by atoms with Gasteiger partial charge in [0.25, 0.3) is 11.6 Å². The third-order valence-corrected chi connectivity index (χ3v) is 3.95. The second-order valence-corrected chi connectivity index (χ2v) is 5.96. The van der Waals surface area contributed by atoms with Crippen molar-refractivity contribution in [3.05, 3.63) is 72.7 Å². The number of nitro groups is 1. The Kier molecular flexibility index (Phi) is 5.08. The molecule has 2 rings (SSSR count). The van der Waals surface area contributed by atoms with Gasteiger partial charge in [-0.3, -0.25) is 14.9 Å². The molecule has 0 aromatic heterocycles. The number of carbonyl (C=O) groups excluding carboxylic acids is 1. The molecule has 0 aliphatic rings. The number of benzene rings is 2. The first-order chi connectivity index (χ1) is 9.99. The second kappa shape index (κ2) is 6.82. The van der Waals surface area contributed by atoms with E-state index in [1.54, 1.807) is 36.4 Å². The summed E-state index contributed by atoms with van der Waals surface area (Å²) in [5, 5.41) is 13.6. The fourth-order valence-electron chi connectivity index (χ4n) is 1.78. The Bertz CT molecular complexity index is 704. The van der Waals surface area contributed by atoms with Crippen LogP contribution in [0.4, 0.5) is 5.69 Å². The number of halogens is 2. The van der Waals surface area contributed by atoms with Gasteiger partial charge in [-0.05, 0) is 34.1 Å². The summed E-state index contributed by atoms with van der Waals surface area (Å²) in [7, 11) is 0. The third kappa shape index (κ3) is 3.89. The molecule has 2 aromatic carbocycles. The van der Waals surface area contributed by atoms with Crippen molar-refractivity contribution >= 4 is 43.5 Å². The average Bonchev–Trinajstić information content (AvgIpc) is 2.45. The normalized spacial score (nSPS) is 10.2. The maximum absolute atomic E-state index is 12.1. The lowest BCUT2D eigenvalue weighted by atomic mass is 10.1. The molecule has 0 unspecified atom stereocenters. The fraction of sp³-hybridized carbons (Fsp3) is 0.0714. The van der Waals surface area contributed by atoms with Gasteiger partial charge in [-0.2, -0.15) is 0 Å². The van der Waals surface area contributed by atoms with E-state index in [2.05, 4.69) is 37.2 Å². The lowest BCUT2D eigenvalue weighted by Crippen LogP contribution is -2.23. The molecule has 0 spiro atoms. The Labute approximate surface area is 137 Å². The molecule has 21 heavy (non-hydrogen) atoms.